The molecule has 2 heteroatoms. The first-order valence-electron chi connectivity index (χ1n) is 12.9. The average Bonchev–Trinajstić information content (AvgIpc) is 2.71. The van der Waals surface area contributed by atoms with Crippen molar-refractivity contribution in [2.24, 2.45) is 5.92 Å². The third-order valence-corrected chi connectivity index (χ3v) is 6.07. The van der Waals surface area contributed by atoms with Crippen molar-refractivity contribution in [3.8, 4) is 0 Å². The minimum Gasteiger partial charge on any atom is -0.466 e. The van der Waals surface area contributed by atoms with Crippen LogP contribution in [-0.2, 0) is 9.53 Å². The van der Waals surface area contributed by atoms with E-state index in [4.69, 9.17) is 4.74 Å². The van der Waals surface area contributed by atoms with Gasteiger partial charge in [-0.1, -0.05) is 109 Å². The second kappa shape index (κ2) is 21.9. The molecule has 0 aromatic heterocycles. The SMILES string of the molecule is CCCCCCCCCCCCCCCC(=O)OCCC(C)CCC=C(C)CC. The Morgan fingerprint density at radius 3 is 1.83 bits per heavy atom. The number of esters is 1. The van der Waals surface area contributed by atoms with Crippen LogP contribution in [0.5, 0.6) is 0 Å². The summed E-state index contributed by atoms with van der Waals surface area (Å²) >= 11 is 0. The van der Waals surface area contributed by atoms with Crippen LogP contribution in [0.1, 0.15) is 143 Å². The van der Waals surface area contributed by atoms with E-state index < -0.39 is 0 Å². The van der Waals surface area contributed by atoms with Gasteiger partial charge in [0.05, 0.1) is 6.61 Å². The zero-order valence-electron chi connectivity index (χ0n) is 20.4. The molecule has 1 unspecified atom stereocenters. The summed E-state index contributed by atoms with van der Waals surface area (Å²) in [7, 11) is 0. The van der Waals surface area contributed by atoms with E-state index in [9.17, 15) is 4.79 Å². The van der Waals surface area contributed by atoms with Crippen LogP contribution in [0.15, 0.2) is 11.6 Å². The minimum atomic E-state index is 0.00185. The fourth-order valence-electron chi connectivity index (χ4n) is 3.64. The predicted molar refractivity (Wildman–Crippen MR) is 128 cm³/mol. The molecule has 172 valence electrons. The van der Waals surface area contributed by atoms with Crippen molar-refractivity contribution in [2.45, 2.75) is 143 Å². The summed E-state index contributed by atoms with van der Waals surface area (Å²) in [5.41, 5.74) is 1.47. The molecule has 0 saturated carbocycles. The van der Waals surface area contributed by atoms with E-state index in [1.807, 2.05) is 0 Å². The first-order valence-corrected chi connectivity index (χ1v) is 12.9. The molecule has 0 N–H and O–H groups in total. The molecule has 0 bridgehead atoms. The molecule has 0 spiro atoms. The van der Waals surface area contributed by atoms with E-state index in [2.05, 4.69) is 33.8 Å². The molecule has 0 fully saturated rings. The molecule has 0 aromatic carbocycles. The first-order chi connectivity index (χ1) is 14.1. The van der Waals surface area contributed by atoms with Gasteiger partial charge in [-0.05, 0) is 44.9 Å². The van der Waals surface area contributed by atoms with Crippen molar-refractivity contribution in [3.63, 3.8) is 0 Å². The Balaban J connectivity index is 3.33. The summed E-state index contributed by atoms with van der Waals surface area (Å²) in [6.45, 7) is 9.53. The standard InChI is InChI=1S/C27H52O2/c1-5-7-8-9-10-11-12-13-14-15-16-17-18-22-27(28)29-24-23-26(4)21-19-20-25(3)6-2/h20,26H,5-19,21-24H2,1-4H3. The van der Waals surface area contributed by atoms with Crippen LogP contribution < -0.4 is 0 Å². The van der Waals surface area contributed by atoms with Gasteiger partial charge in [0, 0.05) is 6.42 Å². The van der Waals surface area contributed by atoms with Gasteiger partial charge in [0.15, 0.2) is 0 Å². The fraction of sp³-hybridized carbons (Fsp3) is 0.889. The number of allylic oxidation sites excluding steroid dienone is 2. The van der Waals surface area contributed by atoms with Crippen molar-refractivity contribution in [2.75, 3.05) is 6.61 Å². The van der Waals surface area contributed by atoms with Gasteiger partial charge in [-0.3, -0.25) is 4.79 Å². The second-order valence-corrected chi connectivity index (χ2v) is 9.09. The fourth-order valence-corrected chi connectivity index (χ4v) is 3.64. The van der Waals surface area contributed by atoms with Gasteiger partial charge in [-0.25, -0.2) is 0 Å². The number of rotatable bonds is 21. The maximum Gasteiger partial charge on any atom is 0.305 e. The molecule has 0 amide bonds. The number of carbonyl (C=O) groups excluding carboxylic acids is 1. The molecule has 1 atom stereocenters. The predicted octanol–water partition coefficient (Wildman–Crippen LogP) is 9.17. The highest BCUT2D eigenvalue weighted by atomic mass is 16.5. The van der Waals surface area contributed by atoms with Gasteiger partial charge in [0.25, 0.3) is 0 Å². The van der Waals surface area contributed by atoms with Gasteiger partial charge < -0.3 is 4.74 Å². The van der Waals surface area contributed by atoms with Gasteiger partial charge >= 0.3 is 5.97 Å². The van der Waals surface area contributed by atoms with Crippen LogP contribution in [0, 0.1) is 5.92 Å². The Morgan fingerprint density at radius 1 is 0.793 bits per heavy atom. The lowest BCUT2D eigenvalue weighted by Crippen LogP contribution is -2.08. The summed E-state index contributed by atoms with van der Waals surface area (Å²) < 4.78 is 5.41. The summed E-state index contributed by atoms with van der Waals surface area (Å²) in [5.74, 6) is 0.627. The van der Waals surface area contributed by atoms with Crippen molar-refractivity contribution >= 4 is 5.97 Å². The second-order valence-electron chi connectivity index (χ2n) is 9.09. The van der Waals surface area contributed by atoms with E-state index in [1.54, 1.807) is 0 Å². The zero-order chi connectivity index (χ0) is 21.6. The number of hydrogen-bond acceptors (Lipinski definition) is 2. The smallest absolute Gasteiger partial charge is 0.305 e. The zero-order valence-corrected chi connectivity index (χ0v) is 20.4. The lowest BCUT2D eigenvalue weighted by atomic mass is 10.0. The molecular formula is C27H52O2. The van der Waals surface area contributed by atoms with Crippen LogP contribution in [0.4, 0.5) is 0 Å². The Bertz CT molecular complexity index is 386. The van der Waals surface area contributed by atoms with Crippen molar-refractivity contribution in [3.05, 3.63) is 11.6 Å². The van der Waals surface area contributed by atoms with E-state index in [0.717, 1.165) is 25.7 Å². The molecule has 2 nitrogen and oxygen atoms in total. The average molecular weight is 409 g/mol. The summed E-state index contributed by atoms with van der Waals surface area (Å²) in [4.78, 5) is 11.8. The van der Waals surface area contributed by atoms with E-state index in [1.165, 1.54) is 89.0 Å². The Morgan fingerprint density at radius 2 is 1.31 bits per heavy atom. The highest BCUT2D eigenvalue weighted by Crippen LogP contribution is 2.14. The number of ether oxygens (including phenoxy) is 1. The van der Waals surface area contributed by atoms with Crippen molar-refractivity contribution in [1.82, 2.24) is 0 Å². The Labute approximate surface area is 183 Å². The van der Waals surface area contributed by atoms with E-state index >= 15 is 0 Å². The van der Waals surface area contributed by atoms with Crippen LogP contribution in [0.3, 0.4) is 0 Å². The quantitative estimate of drug-likeness (QED) is 0.107. The molecule has 29 heavy (non-hydrogen) atoms. The third-order valence-electron chi connectivity index (χ3n) is 6.07. The van der Waals surface area contributed by atoms with E-state index in [-0.39, 0.29) is 5.97 Å². The topological polar surface area (TPSA) is 26.3 Å². The Hall–Kier alpha value is -0.790. The highest BCUT2D eigenvalue weighted by molar-refractivity contribution is 5.69. The van der Waals surface area contributed by atoms with Crippen LogP contribution in [0.25, 0.3) is 0 Å². The monoisotopic (exact) mass is 408 g/mol. The maximum absolute atomic E-state index is 11.8. The van der Waals surface area contributed by atoms with E-state index in [0.29, 0.717) is 18.9 Å². The van der Waals surface area contributed by atoms with Gasteiger partial charge in [-0.2, -0.15) is 0 Å². The first kappa shape index (κ1) is 28.2. The molecule has 0 saturated heterocycles. The maximum atomic E-state index is 11.8. The van der Waals surface area contributed by atoms with Crippen LogP contribution >= 0.6 is 0 Å². The normalized spacial score (nSPS) is 12.9. The van der Waals surface area contributed by atoms with Gasteiger partial charge in [0.1, 0.15) is 0 Å². The van der Waals surface area contributed by atoms with Crippen LogP contribution in [-0.4, -0.2) is 12.6 Å². The molecule has 0 heterocycles. The molecular weight excluding hydrogens is 356 g/mol. The largest absolute Gasteiger partial charge is 0.466 e. The van der Waals surface area contributed by atoms with Gasteiger partial charge in [0.2, 0.25) is 0 Å². The highest BCUT2D eigenvalue weighted by Gasteiger charge is 2.06. The number of unbranched alkanes of at least 4 members (excludes halogenated alkanes) is 12. The molecule has 0 aromatic rings. The lowest BCUT2D eigenvalue weighted by molar-refractivity contribution is -0.144. The van der Waals surface area contributed by atoms with Crippen molar-refractivity contribution < 1.29 is 9.53 Å². The minimum absolute atomic E-state index is 0.00185. The number of carbonyl (C=O) groups is 1. The molecule has 0 aliphatic carbocycles. The van der Waals surface area contributed by atoms with Crippen molar-refractivity contribution in [1.29, 1.82) is 0 Å². The molecule has 0 radical (unpaired) electrons. The molecule has 0 aliphatic rings. The third kappa shape index (κ3) is 21.7. The summed E-state index contributed by atoms with van der Waals surface area (Å²) in [6, 6.07) is 0. The molecule has 0 rings (SSSR count). The summed E-state index contributed by atoms with van der Waals surface area (Å²) in [6.07, 6.45) is 24.8. The van der Waals surface area contributed by atoms with Crippen LogP contribution in [0.2, 0.25) is 0 Å². The Kier molecular flexibility index (Phi) is 21.3. The van der Waals surface area contributed by atoms with Gasteiger partial charge in [-0.15, -0.1) is 0 Å². The molecule has 0 aliphatic heterocycles. The summed E-state index contributed by atoms with van der Waals surface area (Å²) in [5, 5.41) is 0. The number of hydrogen-bond donors (Lipinski definition) is 0. The lowest BCUT2D eigenvalue weighted by Gasteiger charge is -2.11.